The van der Waals surface area contributed by atoms with Crippen molar-refractivity contribution in [2.75, 3.05) is 9.44 Å². The van der Waals surface area contributed by atoms with Gasteiger partial charge in [-0.3, -0.25) is 4.72 Å². The average molecular weight is 445 g/mol. The van der Waals surface area contributed by atoms with Crippen molar-refractivity contribution >= 4 is 37.8 Å². The third-order valence-corrected chi connectivity index (χ3v) is 6.23. The summed E-state index contributed by atoms with van der Waals surface area (Å²) in [6.07, 6.45) is 1.47. The van der Waals surface area contributed by atoms with Gasteiger partial charge in [-0.15, -0.1) is 0 Å². The van der Waals surface area contributed by atoms with E-state index in [9.17, 15) is 16.8 Å². The molecule has 0 saturated carbocycles. The maximum Gasteiger partial charge on any atom is 0.264 e. The zero-order chi connectivity index (χ0) is 21.8. The first kappa shape index (κ1) is 21.5. The van der Waals surface area contributed by atoms with Crippen LogP contribution >= 0.6 is 0 Å². The Hall–Kier alpha value is -3.24. The molecule has 8 nitrogen and oxygen atoms in total. The second-order valence-corrected chi connectivity index (χ2v) is 9.71. The molecule has 0 bridgehead atoms. The molecule has 0 spiro atoms. The van der Waals surface area contributed by atoms with Gasteiger partial charge < -0.3 is 0 Å². The lowest BCUT2D eigenvalue weighted by Gasteiger charge is -2.09. The highest BCUT2D eigenvalue weighted by atomic mass is 32.2. The molecule has 0 saturated heterocycles. The largest absolute Gasteiger partial charge is 0.280 e. The molecule has 10 heteroatoms. The van der Waals surface area contributed by atoms with Gasteiger partial charge in [-0.1, -0.05) is 30.3 Å². The van der Waals surface area contributed by atoms with E-state index in [1.807, 2.05) is 6.07 Å². The Morgan fingerprint density at radius 2 is 1.40 bits per heavy atom. The highest BCUT2D eigenvalue weighted by molar-refractivity contribution is 7.95. The first-order valence-electron chi connectivity index (χ1n) is 8.84. The molecule has 0 radical (unpaired) electrons. The lowest BCUT2D eigenvalue weighted by molar-refractivity contribution is 0.600. The van der Waals surface area contributed by atoms with Gasteiger partial charge in [0.2, 0.25) is 5.95 Å². The Labute approximate surface area is 175 Å². The van der Waals surface area contributed by atoms with E-state index >= 15 is 0 Å². The highest BCUT2D eigenvalue weighted by Gasteiger charge is 2.16. The van der Waals surface area contributed by atoms with Crippen LogP contribution in [0.25, 0.3) is 6.08 Å². The van der Waals surface area contributed by atoms with Crippen LogP contribution in [0.15, 0.2) is 71.0 Å². The molecule has 0 aliphatic carbocycles. The fraction of sp³-hybridized carbons (Fsp3) is 0.100. The minimum Gasteiger partial charge on any atom is -0.280 e. The molecule has 0 fully saturated rings. The average Bonchev–Trinajstić information content (AvgIpc) is 2.66. The molecule has 2 aromatic carbocycles. The van der Waals surface area contributed by atoms with Gasteiger partial charge in [-0.25, -0.2) is 31.5 Å². The van der Waals surface area contributed by atoms with E-state index in [1.54, 1.807) is 44.2 Å². The molecule has 1 heterocycles. The first-order valence-corrected chi connectivity index (χ1v) is 11.9. The van der Waals surface area contributed by atoms with Crippen molar-refractivity contribution in [3.8, 4) is 0 Å². The number of hydrogen-bond donors (Lipinski definition) is 2. The molecular formula is C20H20N4O4S2. The van der Waals surface area contributed by atoms with E-state index < -0.39 is 20.0 Å². The molecular weight excluding hydrogens is 424 g/mol. The van der Waals surface area contributed by atoms with Crippen LogP contribution < -0.4 is 9.44 Å². The predicted octanol–water partition coefficient (Wildman–Crippen LogP) is 3.31. The van der Waals surface area contributed by atoms with Crippen molar-refractivity contribution < 1.29 is 16.8 Å². The molecule has 156 valence electrons. The minimum absolute atomic E-state index is 0.0247. The summed E-state index contributed by atoms with van der Waals surface area (Å²) in [5.41, 5.74) is 2.24. The lowest BCUT2D eigenvalue weighted by Crippen LogP contribution is -2.16. The second kappa shape index (κ2) is 8.64. The maximum absolute atomic E-state index is 12.5. The molecule has 0 aliphatic heterocycles. The van der Waals surface area contributed by atoms with Crippen LogP contribution in [-0.2, 0) is 20.0 Å². The summed E-state index contributed by atoms with van der Waals surface area (Å²) in [4.78, 5) is 8.06. The highest BCUT2D eigenvalue weighted by Crippen LogP contribution is 2.18. The summed E-state index contributed by atoms with van der Waals surface area (Å²) in [7, 11) is -7.67. The van der Waals surface area contributed by atoms with E-state index in [4.69, 9.17) is 0 Å². The van der Waals surface area contributed by atoms with E-state index in [1.165, 1.54) is 30.3 Å². The molecule has 0 unspecified atom stereocenters. The number of aryl methyl sites for hydroxylation is 2. The molecule has 2 N–H and O–H groups in total. The van der Waals surface area contributed by atoms with Gasteiger partial charge in [-0.2, -0.15) is 0 Å². The number of hydrogen-bond acceptors (Lipinski definition) is 6. The maximum atomic E-state index is 12.5. The van der Waals surface area contributed by atoms with Gasteiger partial charge in [-0.05, 0) is 55.8 Å². The predicted molar refractivity (Wildman–Crippen MR) is 117 cm³/mol. The Kier molecular flexibility index (Phi) is 6.18. The summed E-state index contributed by atoms with van der Waals surface area (Å²) in [6, 6.07) is 16.0. The quantitative estimate of drug-likeness (QED) is 0.577. The number of aromatic nitrogens is 2. The van der Waals surface area contributed by atoms with E-state index in [0.717, 1.165) is 11.0 Å². The van der Waals surface area contributed by atoms with Crippen LogP contribution in [0.1, 0.15) is 17.0 Å². The fourth-order valence-electron chi connectivity index (χ4n) is 2.58. The van der Waals surface area contributed by atoms with Gasteiger partial charge in [0.1, 0.15) is 0 Å². The van der Waals surface area contributed by atoms with E-state index in [-0.39, 0.29) is 16.5 Å². The van der Waals surface area contributed by atoms with Gasteiger partial charge in [0.05, 0.1) is 10.3 Å². The Bertz CT molecular complexity index is 1250. The number of nitrogens with zero attached hydrogens (tertiary/aromatic N) is 2. The smallest absolute Gasteiger partial charge is 0.264 e. The van der Waals surface area contributed by atoms with Crippen LogP contribution in [0.3, 0.4) is 0 Å². The van der Waals surface area contributed by atoms with Gasteiger partial charge in [0, 0.05) is 17.1 Å². The monoisotopic (exact) mass is 444 g/mol. The standard InChI is InChI=1S/C20H20N4O4S2/c1-15-14-16(2)22-20(21-15)24-30(27,28)19-10-8-18(9-11-19)23-29(25,26)13-12-17-6-4-3-5-7-17/h3-14,23H,1-2H3,(H,21,22,24)/b13-12+. The van der Waals surface area contributed by atoms with E-state index in [2.05, 4.69) is 19.4 Å². The Morgan fingerprint density at radius 3 is 2.00 bits per heavy atom. The van der Waals surface area contributed by atoms with Crippen molar-refractivity contribution in [3.05, 3.63) is 83.0 Å². The van der Waals surface area contributed by atoms with E-state index in [0.29, 0.717) is 11.4 Å². The summed E-state index contributed by atoms with van der Waals surface area (Å²) in [6.45, 7) is 3.47. The molecule has 1 aromatic heterocycles. The first-order chi connectivity index (χ1) is 14.1. The molecule has 3 rings (SSSR count). The zero-order valence-corrected chi connectivity index (χ0v) is 17.9. The summed E-state index contributed by atoms with van der Waals surface area (Å²) in [5.74, 6) is -0.0247. The van der Waals surface area contributed by atoms with Gasteiger partial charge in [0.25, 0.3) is 20.0 Å². The summed E-state index contributed by atoms with van der Waals surface area (Å²) >= 11 is 0. The zero-order valence-electron chi connectivity index (χ0n) is 16.3. The minimum atomic E-state index is -3.92. The van der Waals surface area contributed by atoms with Crippen LogP contribution in [0.4, 0.5) is 11.6 Å². The van der Waals surface area contributed by atoms with Crippen LogP contribution in [-0.4, -0.2) is 26.8 Å². The van der Waals surface area contributed by atoms with Crippen molar-refractivity contribution in [1.29, 1.82) is 0 Å². The molecule has 0 aliphatic rings. The van der Waals surface area contributed by atoms with Gasteiger partial charge >= 0.3 is 0 Å². The normalized spacial score (nSPS) is 12.1. The van der Waals surface area contributed by atoms with Gasteiger partial charge in [0.15, 0.2) is 0 Å². The second-order valence-electron chi connectivity index (χ2n) is 6.46. The van der Waals surface area contributed by atoms with Crippen LogP contribution in [0, 0.1) is 13.8 Å². The molecule has 3 aromatic rings. The molecule has 30 heavy (non-hydrogen) atoms. The lowest BCUT2D eigenvalue weighted by atomic mass is 10.2. The Balaban J connectivity index is 1.73. The number of rotatable bonds is 7. The van der Waals surface area contributed by atoms with Crippen molar-refractivity contribution in [1.82, 2.24) is 9.97 Å². The summed E-state index contributed by atoms with van der Waals surface area (Å²) < 4.78 is 54.2. The molecule has 0 amide bonds. The molecule has 0 atom stereocenters. The third-order valence-electron chi connectivity index (χ3n) is 3.87. The number of benzene rings is 2. The van der Waals surface area contributed by atoms with Crippen LogP contribution in [0.5, 0.6) is 0 Å². The van der Waals surface area contributed by atoms with Crippen molar-refractivity contribution in [3.63, 3.8) is 0 Å². The number of anilines is 2. The number of sulfonamides is 2. The van der Waals surface area contributed by atoms with Crippen LogP contribution in [0.2, 0.25) is 0 Å². The Morgan fingerprint density at radius 1 is 0.800 bits per heavy atom. The third kappa shape index (κ3) is 5.88. The SMILES string of the molecule is Cc1cc(C)nc(NS(=O)(=O)c2ccc(NS(=O)(=O)/C=C/c3ccccc3)cc2)n1. The van der Waals surface area contributed by atoms with Crippen molar-refractivity contribution in [2.24, 2.45) is 0 Å². The summed E-state index contributed by atoms with van der Waals surface area (Å²) in [5, 5.41) is 1.05. The topological polar surface area (TPSA) is 118 Å². The fourth-order valence-corrected chi connectivity index (χ4v) is 4.40. The number of nitrogens with one attached hydrogen (secondary N) is 2. The van der Waals surface area contributed by atoms with Crippen molar-refractivity contribution in [2.45, 2.75) is 18.7 Å².